The van der Waals surface area contributed by atoms with E-state index in [1.54, 1.807) is 0 Å². The Morgan fingerprint density at radius 2 is 0.714 bits per heavy atom. The summed E-state index contributed by atoms with van der Waals surface area (Å²) in [5.74, 6) is -3.25. The zero-order valence-electron chi connectivity index (χ0n) is 8.36. The standard InChI is InChI=1S/3C2H4O2.Na.S/c3*1-2(3)4;;/h3*1H3,(H,3,4);;/q;;;+1;+2/p-3. The van der Waals surface area contributed by atoms with Crippen LogP contribution in [0.1, 0.15) is 20.8 Å². The fourth-order valence-electron chi connectivity index (χ4n) is 0. The van der Waals surface area contributed by atoms with E-state index in [-0.39, 0.29) is 43.1 Å². The molecule has 76 valence electrons. The van der Waals surface area contributed by atoms with Crippen molar-refractivity contribution >= 4 is 31.4 Å². The second-order valence-corrected chi connectivity index (χ2v) is 1.47. The third-order valence-corrected chi connectivity index (χ3v) is 0. The molecule has 6 nitrogen and oxygen atoms in total. The monoisotopic (exact) mass is 232 g/mol. The van der Waals surface area contributed by atoms with Gasteiger partial charge in [-0.25, -0.2) is 0 Å². The number of carboxylic acid groups (broad SMARTS) is 3. The SMILES string of the molecule is CC(=O)[O-].CC(=O)[O-].CC(=O)[O-].[Na+].[S+2]. The molecule has 0 aliphatic rings. The third kappa shape index (κ3) is 23600. The van der Waals surface area contributed by atoms with Crippen molar-refractivity contribution in [3.05, 3.63) is 0 Å². The van der Waals surface area contributed by atoms with Crippen molar-refractivity contribution < 1.29 is 59.3 Å². The van der Waals surface area contributed by atoms with Crippen LogP contribution in [0.3, 0.4) is 0 Å². The van der Waals surface area contributed by atoms with Crippen LogP contribution in [0.25, 0.3) is 0 Å². The molecule has 0 atom stereocenters. The van der Waals surface area contributed by atoms with Crippen molar-refractivity contribution in [1.29, 1.82) is 0 Å². The molecule has 0 aromatic rings. The molecule has 8 heteroatoms. The zero-order valence-corrected chi connectivity index (χ0v) is 11.2. The van der Waals surface area contributed by atoms with Crippen molar-refractivity contribution in [3.8, 4) is 0 Å². The molecular formula is C6H9NaO6S. The molecule has 14 heavy (non-hydrogen) atoms. The maximum Gasteiger partial charge on any atom is 2.00 e. The molecule has 0 amide bonds. The quantitative estimate of drug-likeness (QED) is 0.383. The summed E-state index contributed by atoms with van der Waals surface area (Å²) < 4.78 is 0. The van der Waals surface area contributed by atoms with Gasteiger partial charge in [-0.15, -0.1) is 0 Å². The third-order valence-electron chi connectivity index (χ3n) is 0. The Kier molecular flexibility index (Phi) is 48.0. The molecule has 4 radical (unpaired) electrons. The summed E-state index contributed by atoms with van der Waals surface area (Å²) in [5.41, 5.74) is 0. The first-order valence-corrected chi connectivity index (χ1v) is 2.72. The summed E-state index contributed by atoms with van der Waals surface area (Å²) in [7, 11) is 0. The van der Waals surface area contributed by atoms with Gasteiger partial charge in [0.25, 0.3) is 0 Å². The maximum absolute atomic E-state index is 8.89. The summed E-state index contributed by atoms with van der Waals surface area (Å²) in [5, 5.41) is 26.7. The van der Waals surface area contributed by atoms with Crippen molar-refractivity contribution in [2.45, 2.75) is 20.8 Å². The Morgan fingerprint density at radius 1 is 0.714 bits per heavy atom. The molecule has 0 rings (SSSR count). The first-order chi connectivity index (χ1) is 5.20. The Labute approximate surface area is 111 Å². The minimum Gasteiger partial charge on any atom is -0.550 e. The second kappa shape index (κ2) is 23.0. The Balaban J connectivity index is -0.0000000270. The minimum atomic E-state index is -1.08. The molecule has 0 aliphatic carbocycles. The van der Waals surface area contributed by atoms with Gasteiger partial charge >= 0.3 is 43.1 Å². The number of carbonyl (C=O) groups excluding carboxylic acids is 3. The van der Waals surface area contributed by atoms with Crippen LogP contribution in [0.15, 0.2) is 0 Å². The average Bonchev–Trinajstić information content (AvgIpc) is 1.54. The Bertz CT molecular complexity index is 120. The van der Waals surface area contributed by atoms with Gasteiger partial charge in [0.15, 0.2) is 0 Å². The number of carboxylic acids is 3. The van der Waals surface area contributed by atoms with Crippen LogP contribution in [0.5, 0.6) is 0 Å². The van der Waals surface area contributed by atoms with Crippen molar-refractivity contribution in [2.75, 3.05) is 0 Å². The molecular weight excluding hydrogens is 223 g/mol. The van der Waals surface area contributed by atoms with Gasteiger partial charge in [0.05, 0.1) is 0 Å². The van der Waals surface area contributed by atoms with Crippen LogP contribution in [0.2, 0.25) is 0 Å². The predicted octanol–water partition coefficient (Wildman–Crippen LogP) is -6.73. The normalized spacial score (nSPS) is 5.36. The topological polar surface area (TPSA) is 120 Å². The molecule has 0 aromatic carbocycles. The van der Waals surface area contributed by atoms with Crippen LogP contribution < -0.4 is 44.9 Å². The van der Waals surface area contributed by atoms with Crippen LogP contribution in [-0.2, 0) is 27.9 Å². The van der Waals surface area contributed by atoms with Gasteiger partial charge in [0, 0.05) is 17.9 Å². The Morgan fingerprint density at radius 3 is 0.714 bits per heavy atom. The fraction of sp³-hybridized carbons (Fsp3) is 0.500. The van der Waals surface area contributed by atoms with Gasteiger partial charge in [0.1, 0.15) is 0 Å². The van der Waals surface area contributed by atoms with E-state index in [4.69, 9.17) is 29.7 Å². The molecule has 0 fully saturated rings. The van der Waals surface area contributed by atoms with Crippen LogP contribution in [0.4, 0.5) is 0 Å². The van der Waals surface area contributed by atoms with Crippen LogP contribution in [0, 0.1) is 0 Å². The number of hydrogen-bond acceptors (Lipinski definition) is 6. The fourth-order valence-corrected chi connectivity index (χ4v) is 0. The molecule has 0 spiro atoms. The van der Waals surface area contributed by atoms with Crippen LogP contribution >= 0.6 is 0 Å². The molecule has 0 aliphatic heterocycles. The van der Waals surface area contributed by atoms with Crippen LogP contribution in [-0.4, -0.2) is 17.9 Å². The molecule has 0 aromatic heterocycles. The molecule has 0 N–H and O–H groups in total. The molecule has 0 unspecified atom stereocenters. The predicted molar refractivity (Wildman–Crippen MR) is 39.4 cm³/mol. The summed E-state index contributed by atoms with van der Waals surface area (Å²) in [6.07, 6.45) is 0. The summed E-state index contributed by atoms with van der Waals surface area (Å²) >= 11 is 0. The van der Waals surface area contributed by atoms with Crippen molar-refractivity contribution in [2.24, 2.45) is 0 Å². The molecule has 0 heterocycles. The van der Waals surface area contributed by atoms with E-state index < -0.39 is 17.9 Å². The number of carbonyl (C=O) groups is 3. The first kappa shape index (κ1) is 29.2. The Hall–Kier alpha value is -0.240. The van der Waals surface area contributed by atoms with E-state index in [1.165, 1.54) is 0 Å². The van der Waals surface area contributed by atoms with Gasteiger partial charge in [-0.3, -0.25) is 0 Å². The summed E-state index contributed by atoms with van der Waals surface area (Å²) in [4.78, 5) is 26.7. The first-order valence-electron chi connectivity index (χ1n) is 2.72. The van der Waals surface area contributed by atoms with Crippen molar-refractivity contribution in [1.82, 2.24) is 0 Å². The van der Waals surface area contributed by atoms with Gasteiger partial charge in [-0.2, -0.15) is 0 Å². The van der Waals surface area contributed by atoms with E-state index in [9.17, 15) is 0 Å². The summed E-state index contributed by atoms with van der Waals surface area (Å²) in [6, 6.07) is 0. The smallest absolute Gasteiger partial charge is 0.550 e. The molecule has 0 saturated carbocycles. The second-order valence-electron chi connectivity index (χ2n) is 1.47. The van der Waals surface area contributed by atoms with Gasteiger partial charge in [0.2, 0.25) is 0 Å². The summed E-state index contributed by atoms with van der Waals surface area (Å²) in [6.45, 7) is 2.92. The van der Waals surface area contributed by atoms with E-state index >= 15 is 0 Å². The molecule has 0 bridgehead atoms. The van der Waals surface area contributed by atoms with E-state index in [0.29, 0.717) is 0 Å². The number of aliphatic carboxylic acids is 3. The number of rotatable bonds is 0. The molecule has 0 saturated heterocycles. The van der Waals surface area contributed by atoms with E-state index in [2.05, 4.69) is 0 Å². The number of hydrogen-bond donors (Lipinski definition) is 0. The van der Waals surface area contributed by atoms with E-state index in [0.717, 1.165) is 20.8 Å². The van der Waals surface area contributed by atoms with Gasteiger partial charge < -0.3 is 29.7 Å². The van der Waals surface area contributed by atoms with Gasteiger partial charge in [-0.05, 0) is 20.8 Å². The minimum absolute atomic E-state index is 0. The largest absolute Gasteiger partial charge is 2.00 e. The van der Waals surface area contributed by atoms with Gasteiger partial charge in [-0.1, -0.05) is 0 Å². The van der Waals surface area contributed by atoms with Crippen molar-refractivity contribution in [3.63, 3.8) is 0 Å². The maximum atomic E-state index is 8.89. The van der Waals surface area contributed by atoms with E-state index in [1.807, 2.05) is 0 Å². The average molecular weight is 232 g/mol. The zero-order chi connectivity index (χ0) is 10.7.